The largest absolute Gasteiger partial charge is 0.295 e. The number of rotatable bonds is 1. The van der Waals surface area contributed by atoms with Crippen molar-refractivity contribution in [1.82, 2.24) is 0 Å². The van der Waals surface area contributed by atoms with E-state index < -0.39 is 0 Å². The summed E-state index contributed by atoms with van der Waals surface area (Å²) in [4.78, 5) is 12.2. The predicted octanol–water partition coefficient (Wildman–Crippen LogP) is 5.15. The van der Waals surface area contributed by atoms with Crippen LogP contribution < -0.4 is 0 Å². The first-order chi connectivity index (χ1) is 9.06. The van der Waals surface area contributed by atoms with E-state index in [1.54, 1.807) is 12.5 Å². The van der Waals surface area contributed by atoms with E-state index >= 15 is 0 Å². The van der Waals surface area contributed by atoms with Gasteiger partial charge in [-0.15, -0.1) is 0 Å². The number of Topliss-reactive ketones (excluding diaryl/α,β-unsaturated/α-hetero) is 1. The number of ketones is 1. The summed E-state index contributed by atoms with van der Waals surface area (Å²) in [7, 11) is 0. The molecule has 3 rings (SSSR count). The van der Waals surface area contributed by atoms with E-state index in [4.69, 9.17) is 0 Å². The first kappa shape index (κ1) is 14.4. The predicted molar refractivity (Wildman–Crippen MR) is 83.4 cm³/mol. The third-order valence-corrected chi connectivity index (χ3v) is 6.52. The van der Waals surface area contributed by atoms with Gasteiger partial charge in [-0.1, -0.05) is 40.2 Å². The average molecular weight is 274 g/mol. The molecular weight excluding hydrogens is 244 g/mol. The Labute approximate surface area is 124 Å². The van der Waals surface area contributed by atoms with Crippen molar-refractivity contribution in [3.63, 3.8) is 0 Å². The number of hydrogen-bond acceptors (Lipinski definition) is 1. The van der Waals surface area contributed by atoms with E-state index in [0.29, 0.717) is 22.5 Å². The van der Waals surface area contributed by atoms with Crippen molar-refractivity contribution in [3.05, 3.63) is 11.1 Å². The third kappa shape index (κ3) is 1.92. The lowest BCUT2D eigenvalue weighted by Gasteiger charge is -2.46. The van der Waals surface area contributed by atoms with Gasteiger partial charge in [-0.05, 0) is 72.7 Å². The zero-order chi connectivity index (χ0) is 14.9. The highest BCUT2D eigenvalue weighted by atomic mass is 16.1. The molecule has 112 valence electrons. The van der Waals surface area contributed by atoms with Crippen molar-refractivity contribution in [3.8, 4) is 0 Å². The van der Waals surface area contributed by atoms with Crippen LogP contribution in [0, 0.1) is 28.1 Å². The second-order valence-corrected chi connectivity index (χ2v) is 9.47. The molecule has 20 heavy (non-hydrogen) atoms. The van der Waals surface area contributed by atoms with Crippen molar-refractivity contribution in [2.75, 3.05) is 0 Å². The maximum atomic E-state index is 12.2. The molecule has 1 nitrogen and oxygen atoms in total. The fourth-order valence-corrected chi connectivity index (χ4v) is 6.23. The minimum absolute atomic E-state index is 0.111. The molecule has 3 atom stereocenters. The molecule has 0 heterocycles. The molecule has 0 aromatic heterocycles. The Hall–Kier alpha value is -0.590. The monoisotopic (exact) mass is 274 g/mol. The molecule has 1 unspecified atom stereocenters. The maximum Gasteiger partial charge on any atom is 0.156 e. The molecule has 0 aromatic carbocycles. The van der Waals surface area contributed by atoms with E-state index in [2.05, 4.69) is 34.6 Å². The molecule has 0 saturated heterocycles. The second-order valence-electron chi connectivity index (χ2n) is 9.47. The Morgan fingerprint density at radius 1 is 1.15 bits per heavy atom. The number of carbonyl (C=O) groups is 1. The summed E-state index contributed by atoms with van der Waals surface area (Å²) < 4.78 is 0. The van der Waals surface area contributed by atoms with Crippen LogP contribution in [-0.2, 0) is 4.79 Å². The summed E-state index contributed by atoms with van der Waals surface area (Å²) >= 11 is 0. The van der Waals surface area contributed by atoms with Gasteiger partial charge in [0.05, 0.1) is 0 Å². The molecule has 2 fully saturated rings. The quantitative estimate of drug-likeness (QED) is 0.646. The standard InChI is InChI=1S/C19H30O/c1-12(20)16-14-10-19(6)11-17(2,3)8-7-15(19)13(14)9-18(16,4)5/h13,15H,7-11H2,1-6H3/t13-,15?,19-/m0/s1. The van der Waals surface area contributed by atoms with E-state index in [1.165, 1.54) is 37.7 Å². The van der Waals surface area contributed by atoms with Crippen molar-refractivity contribution in [2.45, 2.75) is 73.6 Å². The molecule has 1 heteroatoms. The summed E-state index contributed by atoms with van der Waals surface area (Å²) in [6.45, 7) is 13.7. The first-order valence-corrected chi connectivity index (χ1v) is 8.30. The van der Waals surface area contributed by atoms with Crippen molar-refractivity contribution in [1.29, 1.82) is 0 Å². The van der Waals surface area contributed by atoms with Gasteiger partial charge >= 0.3 is 0 Å². The molecule has 3 aliphatic rings. The molecule has 0 bridgehead atoms. The Morgan fingerprint density at radius 3 is 2.40 bits per heavy atom. The Kier molecular flexibility index (Phi) is 2.86. The number of allylic oxidation sites excluding steroid dienone is 2. The number of hydrogen-bond donors (Lipinski definition) is 0. The molecule has 0 spiro atoms. The number of fused-ring (bicyclic) bond motifs is 3. The van der Waals surface area contributed by atoms with Crippen LogP contribution in [0.3, 0.4) is 0 Å². The topological polar surface area (TPSA) is 17.1 Å². The van der Waals surface area contributed by atoms with Crippen molar-refractivity contribution >= 4 is 5.78 Å². The summed E-state index contributed by atoms with van der Waals surface area (Å²) in [6, 6.07) is 0. The highest BCUT2D eigenvalue weighted by Crippen LogP contribution is 2.67. The Balaban J connectivity index is 2.03. The molecule has 0 radical (unpaired) electrons. The van der Waals surface area contributed by atoms with Crippen LogP contribution in [0.15, 0.2) is 11.1 Å². The molecule has 0 aliphatic heterocycles. The lowest BCUT2D eigenvalue weighted by molar-refractivity contribution is -0.114. The van der Waals surface area contributed by atoms with Gasteiger partial charge in [-0.25, -0.2) is 0 Å². The van der Waals surface area contributed by atoms with Gasteiger partial charge in [0.15, 0.2) is 5.78 Å². The molecular formula is C19H30O. The molecule has 0 N–H and O–H groups in total. The summed E-state index contributed by atoms with van der Waals surface area (Å²) in [6.07, 6.45) is 6.43. The highest BCUT2D eigenvalue weighted by molar-refractivity contribution is 5.96. The lowest BCUT2D eigenvalue weighted by Crippen LogP contribution is -2.37. The lowest BCUT2D eigenvalue weighted by atomic mass is 9.58. The van der Waals surface area contributed by atoms with Crippen LogP contribution in [0.5, 0.6) is 0 Å². The summed E-state index contributed by atoms with van der Waals surface area (Å²) in [5.41, 5.74) is 3.78. The molecule has 3 aliphatic carbocycles. The van der Waals surface area contributed by atoms with Gasteiger partial charge in [-0.2, -0.15) is 0 Å². The van der Waals surface area contributed by atoms with Crippen molar-refractivity contribution in [2.24, 2.45) is 28.1 Å². The van der Waals surface area contributed by atoms with Gasteiger partial charge in [0.2, 0.25) is 0 Å². The SMILES string of the molecule is CC(=O)C1=C2C[C@@]3(C)CC(C)(C)CCC3[C@H]2CC1(C)C. The van der Waals surface area contributed by atoms with Crippen LogP contribution >= 0.6 is 0 Å². The summed E-state index contributed by atoms with van der Waals surface area (Å²) in [5.74, 6) is 1.85. The fraction of sp³-hybridized carbons (Fsp3) is 0.842. The summed E-state index contributed by atoms with van der Waals surface area (Å²) in [5, 5.41) is 0. The molecule has 0 aromatic rings. The average Bonchev–Trinajstić information content (AvgIpc) is 2.60. The molecule has 2 saturated carbocycles. The van der Waals surface area contributed by atoms with E-state index in [0.717, 1.165) is 5.92 Å². The van der Waals surface area contributed by atoms with Crippen LogP contribution in [-0.4, -0.2) is 5.78 Å². The number of carbonyl (C=O) groups excluding carboxylic acids is 1. The smallest absolute Gasteiger partial charge is 0.156 e. The van der Waals surface area contributed by atoms with Gasteiger partial charge in [0.1, 0.15) is 0 Å². The van der Waals surface area contributed by atoms with Gasteiger partial charge in [0, 0.05) is 0 Å². The van der Waals surface area contributed by atoms with Gasteiger partial charge in [-0.3, -0.25) is 4.79 Å². The van der Waals surface area contributed by atoms with Gasteiger partial charge < -0.3 is 0 Å². The zero-order valence-corrected chi connectivity index (χ0v) is 14.1. The maximum absolute atomic E-state index is 12.2. The van der Waals surface area contributed by atoms with Crippen LogP contribution in [0.25, 0.3) is 0 Å². The Bertz CT molecular complexity index is 494. The Morgan fingerprint density at radius 2 is 1.80 bits per heavy atom. The zero-order valence-electron chi connectivity index (χ0n) is 14.1. The van der Waals surface area contributed by atoms with E-state index in [9.17, 15) is 4.79 Å². The van der Waals surface area contributed by atoms with Gasteiger partial charge in [0.25, 0.3) is 0 Å². The van der Waals surface area contributed by atoms with E-state index in [-0.39, 0.29) is 5.41 Å². The normalized spacial score (nSPS) is 41.5. The third-order valence-electron chi connectivity index (χ3n) is 6.52. The van der Waals surface area contributed by atoms with Crippen LogP contribution in [0.4, 0.5) is 0 Å². The van der Waals surface area contributed by atoms with Crippen molar-refractivity contribution < 1.29 is 4.79 Å². The fourth-order valence-electron chi connectivity index (χ4n) is 6.23. The van der Waals surface area contributed by atoms with Crippen LogP contribution in [0.2, 0.25) is 0 Å². The first-order valence-electron chi connectivity index (χ1n) is 8.30. The second kappa shape index (κ2) is 3.99. The minimum Gasteiger partial charge on any atom is -0.295 e. The minimum atomic E-state index is 0.111. The van der Waals surface area contributed by atoms with E-state index in [1.807, 2.05) is 0 Å². The highest BCUT2D eigenvalue weighted by Gasteiger charge is 2.57. The van der Waals surface area contributed by atoms with Crippen LogP contribution in [0.1, 0.15) is 73.6 Å². The molecule has 0 amide bonds.